The minimum Gasteiger partial charge on any atom is -0.339 e. The van der Waals surface area contributed by atoms with Crippen molar-refractivity contribution in [3.8, 4) is 0 Å². The first kappa shape index (κ1) is 15.0. The van der Waals surface area contributed by atoms with Crippen LogP contribution in [0.25, 0.3) is 21.8 Å². The van der Waals surface area contributed by atoms with E-state index in [1.54, 1.807) is 16.4 Å². The molecule has 2 aromatic heterocycles. The molecule has 1 aromatic carbocycles. The SMILES string of the molecule is CSc1ccc2c3cnn(CC4=CC5CC5C=C4)c(=O)c3n(C)c2c1. The van der Waals surface area contributed by atoms with Crippen LogP contribution < -0.4 is 5.56 Å². The Labute approximate surface area is 149 Å². The minimum atomic E-state index is -0.0193. The van der Waals surface area contributed by atoms with Gasteiger partial charge in [0.25, 0.3) is 5.56 Å². The molecule has 5 heteroatoms. The number of rotatable bonds is 3. The molecular weight excluding hydrogens is 330 g/mol. The Morgan fingerprint density at radius 3 is 2.96 bits per heavy atom. The van der Waals surface area contributed by atoms with Crippen molar-refractivity contribution >= 4 is 33.6 Å². The number of aromatic nitrogens is 3. The summed E-state index contributed by atoms with van der Waals surface area (Å²) in [5, 5.41) is 6.48. The molecule has 2 aliphatic carbocycles. The summed E-state index contributed by atoms with van der Waals surface area (Å²) in [6.45, 7) is 0.548. The Balaban J connectivity index is 1.66. The number of hydrogen-bond acceptors (Lipinski definition) is 3. The second-order valence-corrected chi connectivity index (χ2v) is 7.86. The summed E-state index contributed by atoms with van der Waals surface area (Å²) in [6, 6.07) is 6.33. The summed E-state index contributed by atoms with van der Waals surface area (Å²) in [4.78, 5) is 14.3. The first-order valence-corrected chi connectivity index (χ1v) is 9.79. The molecular formula is C20H19N3OS. The summed E-state index contributed by atoms with van der Waals surface area (Å²) < 4.78 is 3.60. The number of fused-ring (bicyclic) bond motifs is 4. The van der Waals surface area contributed by atoms with Gasteiger partial charge in [-0.1, -0.05) is 24.3 Å². The van der Waals surface area contributed by atoms with Crippen LogP contribution in [0.4, 0.5) is 0 Å². The third kappa shape index (κ3) is 2.29. The third-order valence-corrected chi connectivity index (χ3v) is 6.14. The van der Waals surface area contributed by atoms with Gasteiger partial charge in [-0.15, -0.1) is 11.8 Å². The van der Waals surface area contributed by atoms with Crippen LogP contribution in [0, 0.1) is 11.8 Å². The molecule has 0 radical (unpaired) electrons. The summed E-state index contributed by atoms with van der Waals surface area (Å²) in [6.07, 6.45) is 11.9. The van der Waals surface area contributed by atoms with E-state index in [2.05, 4.69) is 47.8 Å². The molecule has 1 saturated carbocycles. The Kier molecular flexibility index (Phi) is 3.22. The molecule has 0 spiro atoms. The van der Waals surface area contributed by atoms with E-state index < -0.39 is 0 Å². The molecule has 0 saturated heterocycles. The summed E-state index contributed by atoms with van der Waals surface area (Å²) in [5.41, 5.74) is 2.98. The fraction of sp³-hybridized carbons (Fsp3) is 0.300. The van der Waals surface area contributed by atoms with Crippen molar-refractivity contribution < 1.29 is 0 Å². The molecule has 4 nitrogen and oxygen atoms in total. The average molecular weight is 349 g/mol. The molecule has 3 aromatic rings. The van der Waals surface area contributed by atoms with E-state index in [1.807, 2.05) is 17.8 Å². The van der Waals surface area contributed by atoms with Crippen LogP contribution in [0.15, 0.2) is 57.9 Å². The summed E-state index contributed by atoms with van der Waals surface area (Å²) >= 11 is 1.71. The standard InChI is InChI=1S/C20H19N3OS/c1-22-18-9-15(25-2)5-6-16(18)17-10-21-23(20(24)19(17)22)11-12-3-4-13-8-14(13)7-12/h3-7,9-10,13-14H,8,11H2,1-2H3. The first-order valence-electron chi connectivity index (χ1n) is 8.57. The molecule has 0 N–H and O–H groups in total. The second-order valence-electron chi connectivity index (χ2n) is 6.98. The summed E-state index contributed by atoms with van der Waals surface area (Å²) in [7, 11) is 1.97. The maximum atomic E-state index is 13.1. The normalized spacial score (nSPS) is 21.6. The molecule has 5 rings (SSSR count). The Bertz CT molecular complexity index is 1140. The maximum Gasteiger partial charge on any atom is 0.291 e. The Hall–Kier alpha value is -2.27. The third-order valence-electron chi connectivity index (χ3n) is 5.42. The molecule has 126 valence electrons. The molecule has 2 unspecified atom stereocenters. The number of aryl methyl sites for hydroxylation is 1. The van der Waals surface area contributed by atoms with E-state index in [0.717, 1.165) is 27.7 Å². The molecule has 1 fully saturated rings. The molecule has 2 aliphatic rings. The Morgan fingerprint density at radius 2 is 2.16 bits per heavy atom. The predicted molar refractivity (Wildman–Crippen MR) is 103 cm³/mol. The van der Waals surface area contributed by atoms with Crippen molar-refractivity contribution in [1.29, 1.82) is 0 Å². The zero-order chi connectivity index (χ0) is 17.1. The van der Waals surface area contributed by atoms with Gasteiger partial charge in [-0.3, -0.25) is 4.79 Å². The lowest BCUT2D eigenvalue weighted by Gasteiger charge is -2.08. The second kappa shape index (κ2) is 5.36. The molecule has 0 bridgehead atoms. The van der Waals surface area contributed by atoms with Crippen LogP contribution in [0.3, 0.4) is 0 Å². The number of hydrogen-bond donors (Lipinski definition) is 0. The molecule has 0 amide bonds. The van der Waals surface area contributed by atoms with Crippen LogP contribution in [-0.2, 0) is 13.6 Å². The quantitative estimate of drug-likeness (QED) is 0.676. The van der Waals surface area contributed by atoms with Crippen LogP contribution in [0.2, 0.25) is 0 Å². The van der Waals surface area contributed by atoms with Crippen molar-refractivity contribution in [2.45, 2.75) is 17.9 Å². The average Bonchev–Trinajstić information content (AvgIpc) is 3.35. The number of nitrogens with zero attached hydrogens (tertiary/aromatic N) is 3. The van der Waals surface area contributed by atoms with E-state index in [4.69, 9.17) is 0 Å². The Morgan fingerprint density at radius 1 is 1.28 bits per heavy atom. The highest BCUT2D eigenvalue weighted by atomic mass is 32.2. The molecule has 0 aliphatic heterocycles. The maximum absolute atomic E-state index is 13.1. The smallest absolute Gasteiger partial charge is 0.291 e. The topological polar surface area (TPSA) is 39.8 Å². The number of thioether (sulfide) groups is 1. The van der Waals surface area contributed by atoms with Crippen LogP contribution >= 0.6 is 11.8 Å². The van der Waals surface area contributed by atoms with Gasteiger partial charge in [0, 0.05) is 22.7 Å². The molecule has 2 atom stereocenters. The van der Waals surface area contributed by atoms with Gasteiger partial charge in [-0.2, -0.15) is 5.10 Å². The van der Waals surface area contributed by atoms with Gasteiger partial charge in [0.05, 0.1) is 18.3 Å². The van der Waals surface area contributed by atoms with Gasteiger partial charge in [0.2, 0.25) is 0 Å². The lowest BCUT2D eigenvalue weighted by atomic mass is 10.1. The van der Waals surface area contributed by atoms with Gasteiger partial charge in [0.15, 0.2) is 0 Å². The molecule has 25 heavy (non-hydrogen) atoms. The van der Waals surface area contributed by atoms with Crippen LogP contribution in [-0.4, -0.2) is 20.6 Å². The van der Waals surface area contributed by atoms with E-state index in [1.165, 1.54) is 16.9 Å². The van der Waals surface area contributed by atoms with Crippen molar-refractivity contribution in [3.05, 3.63) is 58.6 Å². The zero-order valence-electron chi connectivity index (χ0n) is 14.3. The van der Waals surface area contributed by atoms with Crippen molar-refractivity contribution in [2.75, 3.05) is 6.26 Å². The van der Waals surface area contributed by atoms with Crippen LogP contribution in [0.1, 0.15) is 6.42 Å². The monoisotopic (exact) mass is 349 g/mol. The van der Waals surface area contributed by atoms with Crippen molar-refractivity contribution in [1.82, 2.24) is 14.3 Å². The van der Waals surface area contributed by atoms with Gasteiger partial charge in [-0.05, 0) is 42.2 Å². The van der Waals surface area contributed by atoms with E-state index >= 15 is 0 Å². The highest BCUT2D eigenvalue weighted by Gasteiger charge is 2.34. The lowest BCUT2D eigenvalue weighted by molar-refractivity contribution is 0.639. The minimum absolute atomic E-state index is 0.0193. The van der Waals surface area contributed by atoms with Gasteiger partial charge < -0.3 is 4.57 Å². The highest BCUT2D eigenvalue weighted by molar-refractivity contribution is 7.98. The number of benzene rings is 1. The number of allylic oxidation sites excluding steroid dienone is 4. The van der Waals surface area contributed by atoms with E-state index in [-0.39, 0.29) is 5.56 Å². The summed E-state index contributed by atoms with van der Waals surface area (Å²) in [5.74, 6) is 1.42. The predicted octanol–water partition coefficient (Wildman–Crippen LogP) is 3.74. The van der Waals surface area contributed by atoms with Crippen LogP contribution in [0.5, 0.6) is 0 Å². The van der Waals surface area contributed by atoms with Crippen molar-refractivity contribution in [2.24, 2.45) is 18.9 Å². The zero-order valence-corrected chi connectivity index (χ0v) is 15.1. The largest absolute Gasteiger partial charge is 0.339 e. The highest BCUT2D eigenvalue weighted by Crippen LogP contribution is 2.44. The fourth-order valence-electron chi connectivity index (χ4n) is 3.88. The van der Waals surface area contributed by atoms with E-state index in [0.29, 0.717) is 12.5 Å². The lowest BCUT2D eigenvalue weighted by Crippen LogP contribution is -2.24. The van der Waals surface area contributed by atoms with Crippen molar-refractivity contribution in [3.63, 3.8) is 0 Å². The molecule has 2 heterocycles. The first-order chi connectivity index (χ1) is 12.2. The van der Waals surface area contributed by atoms with Gasteiger partial charge >= 0.3 is 0 Å². The van der Waals surface area contributed by atoms with E-state index in [9.17, 15) is 4.79 Å². The fourth-order valence-corrected chi connectivity index (χ4v) is 4.31. The van der Waals surface area contributed by atoms with Gasteiger partial charge in [0.1, 0.15) is 5.52 Å². The van der Waals surface area contributed by atoms with Gasteiger partial charge in [-0.25, -0.2) is 4.68 Å².